The van der Waals surface area contributed by atoms with Crippen molar-refractivity contribution in [3.05, 3.63) is 47.5 Å². The third kappa shape index (κ3) is 2.82. The third-order valence-corrected chi connectivity index (χ3v) is 2.52. The largest absolute Gasteiger partial charge is 0.497 e. The lowest BCUT2D eigenvalue weighted by molar-refractivity contribution is 0.409. The first-order valence-corrected chi connectivity index (χ1v) is 5.44. The fraction of sp³-hybridized carbons (Fsp3) is 0.0769. The van der Waals surface area contributed by atoms with E-state index in [0.29, 0.717) is 22.2 Å². The molecule has 0 fully saturated rings. The molecule has 0 aliphatic heterocycles. The molecule has 3 nitrogen and oxygen atoms in total. The summed E-state index contributed by atoms with van der Waals surface area (Å²) in [5.41, 5.74) is 6.21. The van der Waals surface area contributed by atoms with Crippen molar-refractivity contribution in [2.24, 2.45) is 0 Å². The normalized spacial score (nSPS) is 10.0. The number of ether oxygens (including phenoxy) is 2. The molecule has 4 heteroatoms. The van der Waals surface area contributed by atoms with Gasteiger partial charge in [0, 0.05) is 11.8 Å². The fourth-order valence-electron chi connectivity index (χ4n) is 1.39. The zero-order chi connectivity index (χ0) is 12.3. The third-order valence-electron chi connectivity index (χ3n) is 2.22. The summed E-state index contributed by atoms with van der Waals surface area (Å²) in [6.45, 7) is 0. The van der Waals surface area contributed by atoms with Gasteiger partial charge in [0.25, 0.3) is 0 Å². The number of methoxy groups -OCH3 is 1. The molecule has 0 unspecified atom stereocenters. The molecular formula is C13H12ClNO2. The number of hydrogen-bond donors (Lipinski definition) is 1. The lowest BCUT2D eigenvalue weighted by Crippen LogP contribution is -1.89. The smallest absolute Gasteiger partial charge is 0.146 e. The summed E-state index contributed by atoms with van der Waals surface area (Å²) in [5.74, 6) is 1.96. The minimum absolute atomic E-state index is 0.479. The van der Waals surface area contributed by atoms with E-state index < -0.39 is 0 Å². The molecule has 0 radical (unpaired) electrons. The highest BCUT2D eigenvalue weighted by molar-refractivity contribution is 6.32. The van der Waals surface area contributed by atoms with Gasteiger partial charge in [-0.15, -0.1) is 0 Å². The van der Waals surface area contributed by atoms with Gasteiger partial charge in [-0.3, -0.25) is 0 Å². The van der Waals surface area contributed by atoms with Crippen LogP contribution in [-0.4, -0.2) is 7.11 Å². The van der Waals surface area contributed by atoms with E-state index in [-0.39, 0.29) is 0 Å². The Bertz CT molecular complexity index is 529. The van der Waals surface area contributed by atoms with Gasteiger partial charge in [0.2, 0.25) is 0 Å². The molecule has 2 rings (SSSR count). The Kier molecular flexibility index (Phi) is 3.40. The first kappa shape index (κ1) is 11.6. The van der Waals surface area contributed by atoms with Crippen molar-refractivity contribution >= 4 is 17.3 Å². The van der Waals surface area contributed by atoms with Crippen LogP contribution in [0.25, 0.3) is 0 Å². The van der Waals surface area contributed by atoms with E-state index in [1.54, 1.807) is 31.4 Å². The predicted octanol–water partition coefficient (Wildman–Crippen LogP) is 3.72. The Balaban J connectivity index is 2.25. The molecule has 0 aliphatic rings. The summed E-state index contributed by atoms with van der Waals surface area (Å²) >= 11 is 6.02. The molecule has 0 saturated carbocycles. The van der Waals surface area contributed by atoms with Gasteiger partial charge in [-0.2, -0.15) is 0 Å². The van der Waals surface area contributed by atoms with Gasteiger partial charge in [0.1, 0.15) is 17.2 Å². The molecule has 2 N–H and O–H groups in total. The van der Waals surface area contributed by atoms with Crippen LogP contribution >= 0.6 is 11.6 Å². The van der Waals surface area contributed by atoms with Crippen LogP contribution in [0.2, 0.25) is 5.02 Å². The molecule has 0 aliphatic carbocycles. The molecule has 88 valence electrons. The number of hydrogen-bond acceptors (Lipinski definition) is 3. The summed E-state index contributed by atoms with van der Waals surface area (Å²) in [7, 11) is 1.61. The van der Waals surface area contributed by atoms with E-state index in [4.69, 9.17) is 26.8 Å². The van der Waals surface area contributed by atoms with Gasteiger partial charge in [0.05, 0.1) is 12.1 Å². The second-order valence-corrected chi connectivity index (χ2v) is 3.88. The summed E-state index contributed by atoms with van der Waals surface area (Å²) in [4.78, 5) is 0. The number of rotatable bonds is 3. The van der Waals surface area contributed by atoms with E-state index in [9.17, 15) is 0 Å². The highest BCUT2D eigenvalue weighted by Crippen LogP contribution is 2.31. The molecule has 0 amide bonds. The van der Waals surface area contributed by atoms with Crippen molar-refractivity contribution in [2.75, 3.05) is 12.8 Å². The average molecular weight is 250 g/mol. The fourth-order valence-corrected chi connectivity index (χ4v) is 1.62. The molecule has 0 atom stereocenters. The number of nitrogens with two attached hydrogens (primary N) is 1. The quantitative estimate of drug-likeness (QED) is 0.843. The van der Waals surface area contributed by atoms with Gasteiger partial charge in [-0.05, 0) is 30.3 Å². The van der Waals surface area contributed by atoms with Crippen molar-refractivity contribution in [2.45, 2.75) is 0 Å². The zero-order valence-corrected chi connectivity index (χ0v) is 10.1. The monoisotopic (exact) mass is 249 g/mol. The Morgan fingerprint density at radius 2 is 1.82 bits per heavy atom. The highest BCUT2D eigenvalue weighted by Gasteiger charge is 2.04. The van der Waals surface area contributed by atoms with E-state index in [1.807, 2.05) is 18.2 Å². The van der Waals surface area contributed by atoms with Crippen LogP contribution in [0.5, 0.6) is 17.2 Å². The Morgan fingerprint density at radius 3 is 2.53 bits per heavy atom. The van der Waals surface area contributed by atoms with Crippen molar-refractivity contribution in [1.82, 2.24) is 0 Å². The first-order valence-electron chi connectivity index (χ1n) is 5.06. The Labute approximate surface area is 105 Å². The first-order chi connectivity index (χ1) is 8.19. The van der Waals surface area contributed by atoms with Gasteiger partial charge >= 0.3 is 0 Å². The Hall–Kier alpha value is -1.87. The maximum Gasteiger partial charge on any atom is 0.146 e. The van der Waals surface area contributed by atoms with Gasteiger partial charge in [-0.25, -0.2) is 0 Å². The molecule has 0 spiro atoms. The number of anilines is 1. The van der Waals surface area contributed by atoms with Crippen LogP contribution in [0.1, 0.15) is 0 Å². The minimum atomic E-state index is 0.479. The predicted molar refractivity (Wildman–Crippen MR) is 68.9 cm³/mol. The number of benzene rings is 2. The minimum Gasteiger partial charge on any atom is -0.497 e. The lowest BCUT2D eigenvalue weighted by atomic mass is 10.3. The number of halogens is 1. The molecule has 0 saturated heterocycles. The lowest BCUT2D eigenvalue weighted by Gasteiger charge is -2.09. The second kappa shape index (κ2) is 4.97. The summed E-state index contributed by atoms with van der Waals surface area (Å²) < 4.78 is 10.7. The van der Waals surface area contributed by atoms with Crippen LogP contribution in [0.15, 0.2) is 42.5 Å². The molecular weight excluding hydrogens is 238 g/mol. The summed E-state index contributed by atoms with van der Waals surface area (Å²) in [6, 6.07) is 12.4. The summed E-state index contributed by atoms with van der Waals surface area (Å²) in [6.07, 6.45) is 0. The van der Waals surface area contributed by atoms with Crippen LogP contribution in [-0.2, 0) is 0 Å². The van der Waals surface area contributed by atoms with E-state index in [2.05, 4.69) is 0 Å². The van der Waals surface area contributed by atoms with Gasteiger partial charge < -0.3 is 15.2 Å². The molecule has 0 heterocycles. The second-order valence-electron chi connectivity index (χ2n) is 3.47. The molecule has 2 aromatic carbocycles. The van der Waals surface area contributed by atoms with Crippen LogP contribution in [0.3, 0.4) is 0 Å². The maximum atomic E-state index is 6.02. The van der Waals surface area contributed by atoms with Crippen LogP contribution in [0.4, 0.5) is 5.69 Å². The Morgan fingerprint density at radius 1 is 1.06 bits per heavy atom. The molecule has 17 heavy (non-hydrogen) atoms. The average Bonchev–Trinajstić information content (AvgIpc) is 2.33. The van der Waals surface area contributed by atoms with Crippen molar-refractivity contribution in [3.8, 4) is 17.2 Å². The van der Waals surface area contributed by atoms with Gasteiger partial charge in [-0.1, -0.05) is 17.7 Å². The van der Waals surface area contributed by atoms with E-state index in [0.717, 1.165) is 5.75 Å². The maximum absolute atomic E-state index is 6.02. The van der Waals surface area contributed by atoms with Crippen molar-refractivity contribution < 1.29 is 9.47 Å². The molecule has 0 aromatic heterocycles. The topological polar surface area (TPSA) is 44.5 Å². The summed E-state index contributed by atoms with van der Waals surface area (Å²) in [5, 5.41) is 0.479. The van der Waals surface area contributed by atoms with Crippen LogP contribution < -0.4 is 15.2 Å². The van der Waals surface area contributed by atoms with Crippen LogP contribution in [0, 0.1) is 0 Å². The van der Waals surface area contributed by atoms with E-state index in [1.165, 1.54) is 0 Å². The SMILES string of the molecule is COc1cccc(Oc2ccc(N)cc2Cl)c1. The van der Waals surface area contributed by atoms with Crippen molar-refractivity contribution in [1.29, 1.82) is 0 Å². The van der Waals surface area contributed by atoms with Crippen molar-refractivity contribution in [3.63, 3.8) is 0 Å². The van der Waals surface area contributed by atoms with E-state index >= 15 is 0 Å². The number of nitrogen functional groups attached to an aromatic ring is 1. The highest BCUT2D eigenvalue weighted by atomic mass is 35.5. The molecule has 2 aromatic rings. The zero-order valence-electron chi connectivity index (χ0n) is 9.31. The van der Waals surface area contributed by atoms with Gasteiger partial charge in [0.15, 0.2) is 0 Å². The molecule has 0 bridgehead atoms. The standard InChI is InChI=1S/C13H12ClNO2/c1-16-10-3-2-4-11(8-10)17-13-6-5-9(15)7-12(13)14/h2-8H,15H2,1H3.